The first kappa shape index (κ1) is 20.8. The number of ether oxygens (including phenoxy) is 2. The van der Waals surface area contributed by atoms with Gasteiger partial charge in [0, 0.05) is 50.9 Å². The molecule has 30 heavy (non-hydrogen) atoms. The van der Waals surface area contributed by atoms with Gasteiger partial charge in [0.15, 0.2) is 0 Å². The summed E-state index contributed by atoms with van der Waals surface area (Å²) in [6.07, 6.45) is 10.4. The average molecular weight is 412 g/mol. The summed E-state index contributed by atoms with van der Waals surface area (Å²) in [4.78, 5) is 15.9. The summed E-state index contributed by atoms with van der Waals surface area (Å²) in [6, 6.07) is 4.49. The van der Waals surface area contributed by atoms with Crippen LogP contribution < -0.4 is 15.0 Å². The van der Waals surface area contributed by atoms with E-state index in [4.69, 9.17) is 14.5 Å². The van der Waals surface area contributed by atoms with Gasteiger partial charge in [-0.05, 0) is 43.7 Å². The molecule has 1 N–H and O–H groups in total. The maximum Gasteiger partial charge on any atom is 0.226 e. The molecule has 0 aromatic carbocycles. The summed E-state index contributed by atoms with van der Waals surface area (Å²) in [5, 5.41) is 3.53. The van der Waals surface area contributed by atoms with Crippen molar-refractivity contribution >= 4 is 11.8 Å². The summed E-state index contributed by atoms with van der Waals surface area (Å²) < 4.78 is 11.8. The van der Waals surface area contributed by atoms with Gasteiger partial charge in [-0.3, -0.25) is 0 Å². The third-order valence-electron chi connectivity index (χ3n) is 6.07. The van der Waals surface area contributed by atoms with Gasteiger partial charge in [-0.15, -0.1) is 0 Å². The Labute approximate surface area is 179 Å². The SMILES string of the molecule is CC1CCC(Nc2ncc(-c3ccc(N(C)C)nc3)c(OC3CCOCC3)n2)CC1. The predicted octanol–water partition coefficient (Wildman–Crippen LogP) is 4.15. The van der Waals surface area contributed by atoms with Crippen LogP contribution in [0.4, 0.5) is 11.8 Å². The van der Waals surface area contributed by atoms with E-state index < -0.39 is 0 Å². The Morgan fingerprint density at radius 3 is 2.43 bits per heavy atom. The van der Waals surface area contributed by atoms with Crippen molar-refractivity contribution in [3.63, 3.8) is 0 Å². The van der Waals surface area contributed by atoms with Gasteiger partial charge in [0.1, 0.15) is 11.9 Å². The smallest absolute Gasteiger partial charge is 0.226 e. The lowest BCUT2D eigenvalue weighted by Crippen LogP contribution is -2.28. The topological polar surface area (TPSA) is 72.4 Å². The van der Waals surface area contributed by atoms with Crippen molar-refractivity contribution in [3.05, 3.63) is 24.5 Å². The number of hydrogen-bond donors (Lipinski definition) is 1. The molecule has 0 bridgehead atoms. The Balaban J connectivity index is 1.57. The highest BCUT2D eigenvalue weighted by molar-refractivity contribution is 5.68. The fourth-order valence-electron chi connectivity index (χ4n) is 4.07. The lowest BCUT2D eigenvalue weighted by atomic mass is 9.87. The van der Waals surface area contributed by atoms with Gasteiger partial charge < -0.3 is 19.7 Å². The summed E-state index contributed by atoms with van der Waals surface area (Å²) in [5.74, 6) is 3.01. The average Bonchev–Trinajstić information content (AvgIpc) is 2.76. The Kier molecular flexibility index (Phi) is 6.67. The fourth-order valence-corrected chi connectivity index (χ4v) is 4.07. The van der Waals surface area contributed by atoms with E-state index in [2.05, 4.69) is 22.2 Å². The summed E-state index contributed by atoms with van der Waals surface area (Å²) in [7, 11) is 3.97. The van der Waals surface area contributed by atoms with Crippen LogP contribution in [-0.4, -0.2) is 54.4 Å². The molecular formula is C23H33N5O2. The number of aromatic nitrogens is 3. The third kappa shape index (κ3) is 5.19. The number of nitrogens with zero attached hydrogens (tertiary/aromatic N) is 4. The van der Waals surface area contributed by atoms with Gasteiger partial charge in [-0.2, -0.15) is 4.98 Å². The van der Waals surface area contributed by atoms with Gasteiger partial charge in [0.05, 0.1) is 18.8 Å². The molecule has 1 saturated carbocycles. The normalized spacial score (nSPS) is 22.5. The molecule has 1 aliphatic carbocycles. The molecule has 4 rings (SSSR count). The number of nitrogens with one attached hydrogen (secondary N) is 1. The van der Waals surface area contributed by atoms with Crippen LogP contribution in [0.5, 0.6) is 5.88 Å². The van der Waals surface area contributed by atoms with E-state index in [0.29, 0.717) is 17.9 Å². The molecule has 0 amide bonds. The first-order valence-corrected chi connectivity index (χ1v) is 11.1. The molecule has 162 valence electrons. The van der Waals surface area contributed by atoms with Crippen LogP contribution in [0.15, 0.2) is 24.5 Å². The fraction of sp³-hybridized carbons (Fsp3) is 0.609. The molecule has 3 heterocycles. The molecule has 2 aromatic heterocycles. The van der Waals surface area contributed by atoms with Crippen LogP contribution in [0.1, 0.15) is 45.4 Å². The first-order chi connectivity index (χ1) is 14.6. The Morgan fingerprint density at radius 1 is 1.00 bits per heavy atom. The van der Waals surface area contributed by atoms with E-state index in [9.17, 15) is 0 Å². The van der Waals surface area contributed by atoms with Crippen LogP contribution in [0, 0.1) is 5.92 Å². The molecule has 0 unspecified atom stereocenters. The lowest BCUT2D eigenvalue weighted by molar-refractivity contribution is 0.0240. The van der Waals surface area contributed by atoms with E-state index in [1.54, 1.807) is 0 Å². The zero-order chi connectivity index (χ0) is 20.9. The summed E-state index contributed by atoms with van der Waals surface area (Å²) >= 11 is 0. The van der Waals surface area contributed by atoms with E-state index in [1.165, 1.54) is 25.7 Å². The number of pyridine rings is 1. The maximum atomic E-state index is 6.36. The monoisotopic (exact) mass is 411 g/mol. The van der Waals surface area contributed by atoms with Crippen molar-refractivity contribution in [1.29, 1.82) is 0 Å². The molecule has 0 radical (unpaired) electrons. The highest BCUT2D eigenvalue weighted by Crippen LogP contribution is 2.32. The van der Waals surface area contributed by atoms with Gasteiger partial charge in [0.2, 0.25) is 11.8 Å². The molecular weight excluding hydrogens is 378 g/mol. The minimum Gasteiger partial charge on any atom is -0.474 e. The van der Waals surface area contributed by atoms with Gasteiger partial charge in [-0.1, -0.05) is 6.92 Å². The molecule has 7 heteroatoms. The third-order valence-corrected chi connectivity index (χ3v) is 6.07. The Bertz CT molecular complexity index is 813. The number of anilines is 2. The van der Waals surface area contributed by atoms with Gasteiger partial charge >= 0.3 is 0 Å². The quantitative estimate of drug-likeness (QED) is 0.765. The number of rotatable bonds is 6. The van der Waals surface area contributed by atoms with E-state index in [-0.39, 0.29) is 6.10 Å². The van der Waals surface area contributed by atoms with Crippen LogP contribution in [-0.2, 0) is 4.74 Å². The van der Waals surface area contributed by atoms with Crippen molar-refractivity contribution in [2.24, 2.45) is 5.92 Å². The molecule has 2 aliphatic rings. The van der Waals surface area contributed by atoms with E-state index >= 15 is 0 Å². The zero-order valence-electron chi connectivity index (χ0n) is 18.3. The lowest BCUT2D eigenvalue weighted by Gasteiger charge is -2.27. The van der Waals surface area contributed by atoms with E-state index in [0.717, 1.165) is 48.9 Å². The second-order valence-electron chi connectivity index (χ2n) is 8.74. The van der Waals surface area contributed by atoms with Crippen LogP contribution in [0.25, 0.3) is 11.1 Å². The van der Waals surface area contributed by atoms with Crippen molar-refractivity contribution < 1.29 is 9.47 Å². The summed E-state index contributed by atoms with van der Waals surface area (Å²) in [6.45, 7) is 3.79. The molecule has 7 nitrogen and oxygen atoms in total. The standard InChI is InChI=1S/C23H33N5O2/c1-16-4-7-18(8-5-16)26-23-25-15-20(17-6-9-21(24-14-17)28(2)3)22(27-23)30-19-10-12-29-13-11-19/h6,9,14-16,18-19H,4-5,7-8,10-13H2,1-3H3,(H,25,26,27). The second kappa shape index (κ2) is 9.60. The first-order valence-electron chi connectivity index (χ1n) is 11.1. The zero-order valence-corrected chi connectivity index (χ0v) is 18.3. The van der Waals surface area contributed by atoms with Crippen LogP contribution in [0.3, 0.4) is 0 Å². The predicted molar refractivity (Wildman–Crippen MR) is 119 cm³/mol. The van der Waals surface area contributed by atoms with Crippen LogP contribution in [0.2, 0.25) is 0 Å². The minimum atomic E-state index is 0.116. The summed E-state index contributed by atoms with van der Waals surface area (Å²) in [5.41, 5.74) is 1.84. The molecule has 2 aromatic rings. The largest absolute Gasteiger partial charge is 0.474 e. The van der Waals surface area contributed by atoms with Crippen molar-refractivity contribution in [2.45, 2.75) is 57.6 Å². The maximum absolute atomic E-state index is 6.36. The Morgan fingerprint density at radius 2 is 1.77 bits per heavy atom. The Hall–Kier alpha value is -2.41. The van der Waals surface area contributed by atoms with Gasteiger partial charge in [-0.25, -0.2) is 9.97 Å². The molecule has 2 fully saturated rings. The van der Waals surface area contributed by atoms with Crippen molar-refractivity contribution in [2.75, 3.05) is 37.5 Å². The van der Waals surface area contributed by atoms with E-state index in [1.807, 2.05) is 43.5 Å². The molecule has 1 saturated heterocycles. The molecule has 1 aliphatic heterocycles. The van der Waals surface area contributed by atoms with Crippen molar-refractivity contribution in [1.82, 2.24) is 15.0 Å². The highest BCUT2D eigenvalue weighted by Gasteiger charge is 2.22. The second-order valence-corrected chi connectivity index (χ2v) is 8.74. The highest BCUT2D eigenvalue weighted by atomic mass is 16.5. The molecule has 0 atom stereocenters. The van der Waals surface area contributed by atoms with Crippen molar-refractivity contribution in [3.8, 4) is 17.0 Å². The van der Waals surface area contributed by atoms with Gasteiger partial charge in [0.25, 0.3) is 0 Å². The number of hydrogen-bond acceptors (Lipinski definition) is 7. The van der Waals surface area contributed by atoms with Crippen LogP contribution >= 0.6 is 0 Å². The molecule has 0 spiro atoms. The minimum absolute atomic E-state index is 0.116.